The predicted molar refractivity (Wildman–Crippen MR) is 134 cm³/mol. The van der Waals surface area contributed by atoms with Crippen LogP contribution in [0.3, 0.4) is 0 Å². The molecule has 9 nitrogen and oxygen atoms in total. The van der Waals surface area contributed by atoms with Gasteiger partial charge in [-0.15, -0.1) is 0 Å². The second kappa shape index (κ2) is 12.8. The van der Waals surface area contributed by atoms with Gasteiger partial charge >= 0.3 is 12.1 Å². The van der Waals surface area contributed by atoms with Crippen LogP contribution in [0.5, 0.6) is 0 Å². The van der Waals surface area contributed by atoms with E-state index in [2.05, 4.69) is 20.3 Å². The van der Waals surface area contributed by atoms with Gasteiger partial charge in [-0.25, -0.2) is 13.2 Å². The quantitative estimate of drug-likeness (QED) is 0.421. The maximum atomic E-state index is 13.1. The number of sulfonamides is 1. The number of alkyl halides is 3. The van der Waals surface area contributed by atoms with Crippen molar-refractivity contribution in [2.45, 2.75) is 44.3 Å². The fourth-order valence-corrected chi connectivity index (χ4v) is 4.51. The van der Waals surface area contributed by atoms with Crippen LogP contribution in [-0.2, 0) is 14.8 Å². The van der Waals surface area contributed by atoms with E-state index in [4.69, 9.17) is 9.90 Å². The van der Waals surface area contributed by atoms with Crippen LogP contribution in [0, 0.1) is 6.92 Å². The highest BCUT2D eigenvalue weighted by Crippen LogP contribution is 2.30. The molecule has 0 radical (unpaired) electrons. The van der Waals surface area contributed by atoms with Crippen LogP contribution in [-0.4, -0.2) is 63.8 Å². The number of aliphatic carboxylic acids is 1. The number of carboxylic acids is 1. The molecule has 1 unspecified atom stereocenters. The minimum absolute atomic E-state index is 0.0396. The number of nitrogens with zero attached hydrogens (tertiary/aromatic N) is 1. The molecule has 1 saturated heterocycles. The van der Waals surface area contributed by atoms with E-state index in [1.54, 1.807) is 30.3 Å². The zero-order valence-electron chi connectivity index (χ0n) is 20.7. The van der Waals surface area contributed by atoms with Gasteiger partial charge in [0.25, 0.3) is 15.9 Å². The predicted octanol–water partition coefficient (Wildman–Crippen LogP) is 3.37. The average Bonchev–Trinajstić information content (AvgIpc) is 2.84. The Balaban J connectivity index is 0.000000604. The summed E-state index contributed by atoms with van der Waals surface area (Å²) in [5.41, 5.74) is 2.47. The molecular weight excluding hydrogens is 513 g/mol. The lowest BCUT2D eigenvalue weighted by atomic mass is 10.1. The Morgan fingerprint density at radius 1 is 1.14 bits per heavy atom. The van der Waals surface area contributed by atoms with E-state index in [9.17, 15) is 26.4 Å². The van der Waals surface area contributed by atoms with E-state index >= 15 is 0 Å². The first-order valence-corrected chi connectivity index (χ1v) is 13.0. The lowest BCUT2D eigenvalue weighted by Gasteiger charge is -2.31. The lowest BCUT2D eigenvalue weighted by molar-refractivity contribution is -0.192. The van der Waals surface area contributed by atoms with E-state index < -0.39 is 22.2 Å². The number of benzene rings is 2. The van der Waals surface area contributed by atoms with Crippen LogP contribution in [0.1, 0.15) is 36.2 Å². The molecule has 1 amide bonds. The van der Waals surface area contributed by atoms with E-state index in [0.717, 1.165) is 43.9 Å². The van der Waals surface area contributed by atoms with Gasteiger partial charge in [-0.2, -0.15) is 13.2 Å². The van der Waals surface area contributed by atoms with E-state index in [1.165, 1.54) is 0 Å². The van der Waals surface area contributed by atoms with Crippen LogP contribution >= 0.6 is 0 Å². The molecule has 204 valence electrons. The van der Waals surface area contributed by atoms with Crippen LogP contribution in [0.4, 0.5) is 24.5 Å². The van der Waals surface area contributed by atoms with Gasteiger partial charge in [0, 0.05) is 37.8 Å². The molecule has 0 aromatic heterocycles. The Morgan fingerprint density at radius 2 is 1.76 bits per heavy atom. The highest BCUT2D eigenvalue weighted by Gasteiger charge is 2.38. The number of halogens is 3. The van der Waals surface area contributed by atoms with E-state index in [-0.39, 0.29) is 16.8 Å². The number of rotatable bonds is 7. The molecule has 4 N–H and O–H groups in total. The zero-order valence-corrected chi connectivity index (χ0v) is 21.5. The number of amides is 1. The van der Waals surface area contributed by atoms with Crippen molar-refractivity contribution in [1.82, 2.24) is 10.6 Å². The van der Waals surface area contributed by atoms with E-state index in [0.29, 0.717) is 11.3 Å². The molecule has 1 heterocycles. The van der Waals surface area contributed by atoms with Gasteiger partial charge in [0.05, 0.1) is 16.3 Å². The summed E-state index contributed by atoms with van der Waals surface area (Å²) in [5, 5.41) is 13.4. The lowest BCUT2D eigenvalue weighted by Crippen LogP contribution is -2.43. The zero-order chi connectivity index (χ0) is 27.8. The Hall–Kier alpha value is -3.32. The van der Waals surface area contributed by atoms with Crippen molar-refractivity contribution in [3.8, 4) is 0 Å². The molecule has 1 fully saturated rings. The van der Waals surface area contributed by atoms with Gasteiger partial charge in [-0.05, 0) is 56.2 Å². The molecule has 0 aliphatic carbocycles. The molecule has 3 rings (SSSR count). The minimum Gasteiger partial charge on any atom is -0.475 e. The van der Waals surface area contributed by atoms with Crippen LogP contribution in [0.15, 0.2) is 47.4 Å². The van der Waals surface area contributed by atoms with Crippen LogP contribution in [0.2, 0.25) is 0 Å². The summed E-state index contributed by atoms with van der Waals surface area (Å²) in [7, 11) is -3.79. The number of carboxylic acid groups (broad SMARTS) is 1. The first kappa shape index (κ1) is 29.9. The number of carbonyl (C=O) groups is 2. The van der Waals surface area contributed by atoms with Crippen molar-refractivity contribution in [3.63, 3.8) is 0 Å². The summed E-state index contributed by atoms with van der Waals surface area (Å²) in [5.74, 6) is -2.97. The molecule has 1 aliphatic heterocycles. The van der Waals surface area contributed by atoms with Crippen molar-refractivity contribution in [1.29, 1.82) is 0 Å². The molecule has 13 heteroatoms. The second-order valence-electron chi connectivity index (χ2n) is 8.48. The minimum atomic E-state index is -5.08. The number of hydrogen-bond acceptors (Lipinski definition) is 6. The van der Waals surface area contributed by atoms with Gasteiger partial charge < -0.3 is 20.6 Å². The molecule has 1 atom stereocenters. The molecular formula is C24H31F3N4O5S. The standard InChI is InChI=1S/C22H30N4O3S.C2HF3O2/c1-4-17(3)24-22(27)18-8-9-21(26-12-10-23-11-13-26)20(15-18)25-30(28,29)19-7-5-6-16(2)14-19;3-2(4,5)1(6)7/h5-9,14-15,17,23,25H,4,10-13H2,1-3H3,(H,24,27);(H,6,7). The maximum Gasteiger partial charge on any atom is 0.490 e. The molecule has 2 aromatic rings. The monoisotopic (exact) mass is 544 g/mol. The molecule has 0 spiro atoms. The third-order valence-corrected chi connectivity index (χ3v) is 6.86. The van der Waals surface area contributed by atoms with Gasteiger partial charge in [0.1, 0.15) is 0 Å². The Kier molecular flexibility index (Phi) is 10.3. The van der Waals surface area contributed by atoms with Crippen molar-refractivity contribution in [3.05, 3.63) is 53.6 Å². The number of nitrogens with one attached hydrogen (secondary N) is 3. The van der Waals surface area contributed by atoms with Gasteiger partial charge in [-0.1, -0.05) is 19.1 Å². The summed E-state index contributed by atoms with van der Waals surface area (Å²) >= 11 is 0. The molecule has 1 aliphatic rings. The summed E-state index contributed by atoms with van der Waals surface area (Å²) in [4.78, 5) is 23.8. The maximum absolute atomic E-state index is 13.1. The normalized spacial score (nSPS) is 14.7. The third-order valence-electron chi connectivity index (χ3n) is 5.49. The van der Waals surface area contributed by atoms with Gasteiger partial charge in [0.15, 0.2) is 0 Å². The van der Waals surface area contributed by atoms with Crippen molar-refractivity contribution < 1.29 is 36.3 Å². The molecule has 2 aromatic carbocycles. The molecule has 0 bridgehead atoms. The second-order valence-corrected chi connectivity index (χ2v) is 10.2. The Labute approximate surface area is 214 Å². The topological polar surface area (TPSA) is 128 Å². The number of piperazine rings is 1. The fourth-order valence-electron chi connectivity index (χ4n) is 3.34. The Morgan fingerprint density at radius 3 is 2.30 bits per heavy atom. The van der Waals surface area contributed by atoms with Crippen molar-refractivity contribution in [2.75, 3.05) is 35.8 Å². The highest BCUT2D eigenvalue weighted by molar-refractivity contribution is 7.92. The van der Waals surface area contributed by atoms with Crippen LogP contribution in [0.25, 0.3) is 0 Å². The number of aryl methyl sites for hydroxylation is 1. The van der Waals surface area contributed by atoms with Crippen molar-refractivity contribution >= 4 is 33.3 Å². The molecule has 0 saturated carbocycles. The SMILES string of the molecule is CCC(C)NC(=O)c1ccc(N2CCNCC2)c(NS(=O)(=O)c2cccc(C)c2)c1.O=C(O)C(F)(F)F. The highest BCUT2D eigenvalue weighted by atomic mass is 32.2. The summed E-state index contributed by atoms with van der Waals surface area (Å²) in [6.45, 7) is 8.95. The van der Waals surface area contributed by atoms with Crippen LogP contribution < -0.4 is 20.3 Å². The first-order chi connectivity index (χ1) is 17.2. The van der Waals surface area contributed by atoms with E-state index in [1.807, 2.05) is 32.9 Å². The summed E-state index contributed by atoms with van der Waals surface area (Å²) < 4.78 is 60.6. The van der Waals surface area contributed by atoms with Crippen molar-refractivity contribution in [2.24, 2.45) is 0 Å². The fraction of sp³-hybridized carbons (Fsp3) is 0.417. The number of hydrogen-bond donors (Lipinski definition) is 4. The average molecular weight is 545 g/mol. The number of anilines is 2. The van der Waals surface area contributed by atoms with Gasteiger partial charge in [0.2, 0.25) is 0 Å². The third kappa shape index (κ3) is 8.93. The molecule has 37 heavy (non-hydrogen) atoms. The van der Waals surface area contributed by atoms with Gasteiger partial charge in [-0.3, -0.25) is 9.52 Å². The number of carbonyl (C=O) groups excluding carboxylic acids is 1. The smallest absolute Gasteiger partial charge is 0.475 e. The Bertz CT molecular complexity index is 1200. The largest absolute Gasteiger partial charge is 0.490 e. The summed E-state index contributed by atoms with van der Waals surface area (Å²) in [6.07, 6.45) is -4.27. The first-order valence-electron chi connectivity index (χ1n) is 11.5. The summed E-state index contributed by atoms with van der Waals surface area (Å²) in [6, 6.07) is 12.0.